The summed E-state index contributed by atoms with van der Waals surface area (Å²) in [6.07, 6.45) is 4.15. The fraction of sp³-hybridized carbons (Fsp3) is 0.100. The number of nitrogens with zero attached hydrogens (tertiary/aromatic N) is 3. The molecular formula is C10H8N4O2S. The first-order valence-corrected chi connectivity index (χ1v) is 5.57. The number of rotatable bonds is 3. The molecule has 6 nitrogen and oxygen atoms in total. The molecule has 0 atom stereocenters. The molecule has 86 valence electrons. The highest BCUT2D eigenvalue weighted by molar-refractivity contribution is 7.14. The van der Waals surface area contributed by atoms with Crippen LogP contribution in [0.25, 0.3) is 0 Å². The SMILES string of the molecule is CC(=O)c1csc(NC(=O)c2cncnc2)n1. The number of aromatic nitrogens is 3. The number of Topliss-reactive ketones (excluding diaryl/α,β-unsaturated/α-hetero) is 1. The van der Waals surface area contributed by atoms with Crippen LogP contribution in [0.1, 0.15) is 27.8 Å². The lowest BCUT2D eigenvalue weighted by molar-refractivity contribution is 0.100. The van der Waals surface area contributed by atoms with Gasteiger partial charge < -0.3 is 0 Å². The summed E-state index contributed by atoms with van der Waals surface area (Å²) in [6.45, 7) is 1.42. The Balaban J connectivity index is 2.11. The van der Waals surface area contributed by atoms with Crippen LogP contribution in [0.3, 0.4) is 0 Å². The summed E-state index contributed by atoms with van der Waals surface area (Å²) in [6, 6.07) is 0. The lowest BCUT2D eigenvalue weighted by atomic mass is 10.3. The largest absolute Gasteiger partial charge is 0.298 e. The monoisotopic (exact) mass is 248 g/mol. The molecular weight excluding hydrogens is 240 g/mol. The number of amides is 1. The van der Waals surface area contributed by atoms with Crippen molar-refractivity contribution in [2.24, 2.45) is 0 Å². The van der Waals surface area contributed by atoms with E-state index < -0.39 is 0 Å². The van der Waals surface area contributed by atoms with E-state index in [-0.39, 0.29) is 11.7 Å². The van der Waals surface area contributed by atoms with Gasteiger partial charge in [-0.25, -0.2) is 15.0 Å². The summed E-state index contributed by atoms with van der Waals surface area (Å²) in [4.78, 5) is 34.2. The van der Waals surface area contributed by atoms with Gasteiger partial charge in [0.2, 0.25) is 0 Å². The summed E-state index contributed by atoms with van der Waals surface area (Å²) in [5.74, 6) is -0.486. The van der Waals surface area contributed by atoms with Gasteiger partial charge in [-0.15, -0.1) is 11.3 Å². The number of hydrogen-bond acceptors (Lipinski definition) is 6. The number of hydrogen-bond donors (Lipinski definition) is 1. The van der Waals surface area contributed by atoms with Gasteiger partial charge in [0.05, 0.1) is 5.56 Å². The standard InChI is InChI=1S/C10H8N4O2S/c1-6(15)8-4-17-10(13-8)14-9(16)7-2-11-5-12-3-7/h2-5H,1H3,(H,13,14,16). The van der Waals surface area contributed by atoms with Crippen LogP contribution < -0.4 is 5.32 Å². The zero-order valence-corrected chi connectivity index (χ0v) is 9.69. The molecule has 0 saturated heterocycles. The second kappa shape index (κ2) is 4.79. The molecule has 0 spiro atoms. The zero-order chi connectivity index (χ0) is 12.3. The van der Waals surface area contributed by atoms with E-state index in [1.165, 1.54) is 37.0 Å². The maximum absolute atomic E-state index is 11.7. The van der Waals surface area contributed by atoms with Crippen LogP contribution in [-0.2, 0) is 0 Å². The molecule has 0 radical (unpaired) electrons. The second-order valence-corrected chi connectivity index (χ2v) is 4.03. The van der Waals surface area contributed by atoms with Gasteiger partial charge in [-0.3, -0.25) is 14.9 Å². The molecule has 0 aliphatic rings. The van der Waals surface area contributed by atoms with Gasteiger partial charge in [0, 0.05) is 24.7 Å². The highest BCUT2D eigenvalue weighted by Crippen LogP contribution is 2.16. The van der Waals surface area contributed by atoms with Crippen molar-refractivity contribution in [1.82, 2.24) is 15.0 Å². The van der Waals surface area contributed by atoms with E-state index in [9.17, 15) is 9.59 Å². The summed E-state index contributed by atoms with van der Waals surface area (Å²) >= 11 is 1.20. The van der Waals surface area contributed by atoms with Crippen molar-refractivity contribution >= 4 is 28.2 Å². The van der Waals surface area contributed by atoms with Crippen LogP contribution in [0.4, 0.5) is 5.13 Å². The van der Waals surface area contributed by atoms with Crippen molar-refractivity contribution in [1.29, 1.82) is 0 Å². The van der Waals surface area contributed by atoms with Crippen molar-refractivity contribution in [3.8, 4) is 0 Å². The van der Waals surface area contributed by atoms with Gasteiger partial charge in [-0.05, 0) is 0 Å². The maximum Gasteiger partial charge on any atom is 0.260 e. The molecule has 0 bridgehead atoms. The molecule has 2 rings (SSSR count). The third kappa shape index (κ3) is 2.70. The molecule has 0 aliphatic carbocycles. The Kier molecular flexibility index (Phi) is 3.20. The molecule has 2 heterocycles. The van der Waals surface area contributed by atoms with Gasteiger partial charge >= 0.3 is 0 Å². The summed E-state index contributed by atoms with van der Waals surface area (Å²) in [5, 5.41) is 4.55. The van der Waals surface area contributed by atoms with Crippen molar-refractivity contribution < 1.29 is 9.59 Å². The van der Waals surface area contributed by atoms with Gasteiger partial charge in [0.1, 0.15) is 12.0 Å². The number of nitrogens with one attached hydrogen (secondary N) is 1. The van der Waals surface area contributed by atoms with Crippen molar-refractivity contribution in [3.63, 3.8) is 0 Å². The Morgan fingerprint density at radius 2 is 2.00 bits per heavy atom. The molecule has 0 unspecified atom stereocenters. The molecule has 0 aromatic carbocycles. The maximum atomic E-state index is 11.7. The Hall–Kier alpha value is -2.15. The molecule has 0 aliphatic heterocycles. The Labute approximate surface area is 101 Å². The topological polar surface area (TPSA) is 84.8 Å². The Bertz CT molecular complexity index is 552. The van der Waals surface area contributed by atoms with E-state index in [1.54, 1.807) is 5.38 Å². The number of carbonyl (C=O) groups excluding carboxylic acids is 2. The minimum absolute atomic E-state index is 0.134. The highest BCUT2D eigenvalue weighted by Gasteiger charge is 2.10. The van der Waals surface area contributed by atoms with Gasteiger partial charge in [0.15, 0.2) is 10.9 Å². The van der Waals surface area contributed by atoms with Gasteiger partial charge in [-0.2, -0.15) is 0 Å². The van der Waals surface area contributed by atoms with Gasteiger partial charge in [-0.1, -0.05) is 0 Å². The minimum Gasteiger partial charge on any atom is -0.298 e. The van der Waals surface area contributed by atoms with E-state index in [0.29, 0.717) is 16.4 Å². The Morgan fingerprint density at radius 3 is 2.59 bits per heavy atom. The third-order valence-electron chi connectivity index (χ3n) is 1.91. The smallest absolute Gasteiger partial charge is 0.260 e. The number of anilines is 1. The first-order chi connectivity index (χ1) is 8.16. The summed E-state index contributed by atoms with van der Waals surface area (Å²) in [7, 11) is 0. The molecule has 1 N–H and O–H groups in total. The van der Waals surface area contributed by atoms with Crippen LogP contribution in [0.5, 0.6) is 0 Å². The predicted molar refractivity (Wildman–Crippen MR) is 62.1 cm³/mol. The fourth-order valence-corrected chi connectivity index (χ4v) is 1.82. The first kappa shape index (κ1) is 11.3. The summed E-state index contributed by atoms with van der Waals surface area (Å²) < 4.78 is 0. The molecule has 17 heavy (non-hydrogen) atoms. The van der Waals surface area contributed by atoms with Crippen LogP contribution in [0.2, 0.25) is 0 Å². The molecule has 0 saturated carbocycles. The van der Waals surface area contributed by atoms with E-state index in [0.717, 1.165) is 0 Å². The van der Waals surface area contributed by atoms with Crippen LogP contribution in [-0.4, -0.2) is 26.6 Å². The lowest BCUT2D eigenvalue weighted by Crippen LogP contribution is -2.12. The molecule has 0 fully saturated rings. The molecule has 7 heteroatoms. The predicted octanol–water partition coefficient (Wildman–Crippen LogP) is 1.39. The Morgan fingerprint density at radius 1 is 1.29 bits per heavy atom. The average Bonchev–Trinajstić information content (AvgIpc) is 2.79. The van der Waals surface area contributed by atoms with Crippen molar-refractivity contribution in [2.75, 3.05) is 5.32 Å². The molecule has 2 aromatic heterocycles. The van der Waals surface area contributed by atoms with Gasteiger partial charge in [0.25, 0.3) is 5.91 Å². The number of carbonyl (C=O) groups is 2. The van der Waals surface area contributed by atoms with Crippen molar-refractivity contribution in [2.45, 2.75) is 6.92 Å². The average molecular weight is 248 g/mol. The molecule has 2 aromatic rings. The highest BCUT2D eigenvalue weighted by atomic mass is 32.1. The van der Waals surface area contributed by atoms with Crippen LogP contribution in [0.15, 0.2) is 24.1 Å². The van der Waals surface area contributed by atoms with E-state index in [1.807, 2.05) is 0 Å². The summed E-state index contributed by atoms with van der Waals surface area (Å²) in [5.41, 5.74) is 0.682. The van der Waals surface area contributed by atoms with Crippen molar-refractivity contribution in [3.05, 3.63) is 35.4 Å². The lowest BCUT2D eigenvalue weighted by Gasteiger charge is -1.99. The number of thiazole rings is 1. The van der Waals surface area contributed by atoms with E-state index >= 15 is 0 Å². The van der Waals surface area contributed by atoms with E-state index in [4.69, 9.17) is 0 Å². The van der Waals surface area contributed by atoms with E-state index in [2.05, 4.69) is 20.3 Å². The van der Waals surface area contributed by atoms with Crippen LogP contribution in [0, 0.1) is 0 Å². The second-order valence-electron chi connectivity index (χ2n) is 3.18. The zero-order valence-electron chi connectivity index (χ0n) is 8.88. The van der Waals surface area contributed by atoms with Crippen LogP contribution >= 0.6 is 11.3 Å². The normalized spacial score (nSPS) is 9.94. The fourth-order valence-electron chi connectivity index (χ4n) is 1.08. The quantitative estimate of drug-likeness (QED) is 0.829. The number of ketones is 1. The third-order valence-corrected chi connectivity index (χ3v) is 2.67. The molecule has 1 amide bonds. The first-order valence-electron chi connectivity index (χ1n) is 4.69. The minimum atomic E-state index is -0.352.